The highest BCUT2D eigenvalue weighted by Gasteiger charge is 2.25. The number of fused-ring (bicyclic) bond motifs is 1. The van der Waals surface area contributed by atoms with Gasteiger partial charge in [-0.15, -0.1) is 5.10 Å². The molecule has 0 spiro atoms. The summed E-state index contributed by atoms with van der Waals surface area (Å²) in [7, 11) is -2.54. The van der Waals surface area contributed by atoms with Crippen molar-refractivity contribution in [3.05, 3.63) is 48.8 Å². The topological polar surface area (TPSA) is 129 Å². The molecule has 2 heterocycles. The van der Waals surface area contributed by atoms with Crippen LogP contribution in [0.3, 0.4) is 0 Å². The molecule has 1 amide bonds. The Labute approximate surface area is 172 Å². The molecule has 0 saturated carbocycles. The van der Waals surface area contributed by atoms with Gasteiger partial charge in [-0.3, -0.25) is 4.79 Å². The van der Waals surface area contributed by atoms with Gasteiger partial charge in [-0.1, -0.05) is 0 Å². The molecule has 0 saturated heterocycles. The summed E-state index contributed by atoms with van der Waals surface area (Å²) in [4.78, 5) is 12.4. The lowest BCUT2D eigenvalue weighted by Gasteiger charge is -2.21. The Morgan fingerprint density at radius 2 is 1.87 bits per heavy atom. The summed E-state index contributed by atoms with van der Waals surface area (Å²) in [6.45, 7) is 0.405. The minimum absolute atomic E-state index is 0.0212. The van der Waals surface area contributed by atoms with Crippen molar-refractivity contribution >= 4 is 21.6 Å². The summed E-state index contributed by atoms with van der Waals surface area (Å²) in [5.74, 6) is 0.377. The van der Waals surface area contributed by atoms with E-state index >= 15 is 0 Å². The zero-order valence-electron chi connectivity index (χ0n) is 15.9. The highest BCUT2D eigenvalue weighted by molar-refractivity contribution is 7.89. The third-order valence-corrected chi connectivity index (χ3v) is 6.15. The van der Waals surface area contributed by atoms with E-state index in [2.05, 4.69) is 20.8 Å². The van der Waals surface area contributed by atoms with E-state index in [4.69, 9.17) is 9.47 Å². The van der Waals surface area contributed by atoms with E-state index in [0.717, 1.165) is 9.99 Å². The molecule has 0 radical (unpaired) electrons. The van der Waals surface area contributed by atoms with Crippen molar-refractivity contribution in [2.75, 3.05) is 32.1 Å². The normalized spacial score (nSPS) is 13.3. The monoisotopic (exact) mass is 430 g/mol. The fraction of sp³-hybridized carbons (Fsp3) is 0.222. The van der Waals surface area contributed by atoms with Crippen LogP contribution in [-0.4, -0.2) is 65.6 Å². The summed E-state index contributed by atoms with van der Waals surface area (Å²) >= 11 is 0. The van der Waals surface area contributed by atoms with Gasteiger partial charge in [0.05, 0.1) is 17.1 Å². The van der Waals surface area contributed by atoms with Crippen LogP contribution in [0.2, 0.25) is 0 Å². The van der Waals surface area contributed by atoms with Crippen LogP contribution >= 0.6 is 0 Å². The summed E-state index contributed by atoms with van der Waals surface area (Å²) in [5.41, 5.74) is 1.23. The number of ether oxygens (including phenoxy) is 2. The van der Waals surface area contributed by atoms with Crippen molar-refractivity contribution < 1.29 is 22.7 Å². The predicted octanol–water partition coefficient (Wildman–Crippen LogP) is 0.693. The Morgan fingerprint density at radius 1 is 1.13 bits per heavy atom. The molecule has 1 aliphatic rings. The van der Waals surface area contributed by atoms with Crippen molar-refractivity contribution in [3.8, 4) is 17.2 Å². The zero-order valence-corrected chi connectivity index (χ0v) is 16.7. The Kier molecular flexibility index (Phi) is 5.33. The van der Waals surface area contributed by atoms with Gasteiger partial charge in [0, 0.05) is 18.8 Å². The van der Waals surface area contributed by atoms with E-state index in [-0.39, 0.29) is 11.4 Å². The molecule has 0 atom stereocenters. The summed E-state index contributed by atoms with van der Waals surface area (Å²) in [5, 5.41) is 13.6. The number of rotatable bonds is 6. The summed E-state index contributed by atoms with van der Waals surface area (Å²) in [6.07, 6.45) is 1.45. The molecular formula is C18H18N6O5S. The van der Waals surface area contributed by atoms with Gasteiger partial charge in [-0.05, 0) is 46.8 Å². The number of aromatic nitrogens is 4. The first-order valence-corrected chi connectivity index (χ1v) is 10.4. The van der Waals surface area contributed by atoms with Gasteiger partial charge >= 0.3 is 0 Å². The zero-order chi connectivity index (χ0) is 21.1. The summed E-state index contributed by atoms with van der Waals surface area (Å²) in [6, 6.07) is 11.2. The van der Waals surface area contributed by atoms with Gasteiger partial charge in [-0.2, -0.15) is 4.31 Å². The molecule has 0 unspecified atom stereocenters. The number of anilines is 1. The van der Waals surface area contributed by atoms with Gasteiger partial charge in [-0.25, -0.2) is 13.1 Å². The number of benzene rings is 2. The van der Waals surface area contributed by atoms with Crippen molar-refractivity contribution in [3.63, 3.8) is 0 Å². The van der Waals surface area contributed by atoms with E-state index in [1.165, 1.54) is 30.2 Å². The van der Waals surface area contributed by atoms with Crippen molar-refractivity contribution in [1.82, 2.24) is 24.5 Å². The molecule has 2 aromatic carbocycles. The smallest absolute Gasteiger partial charge is 0.243 e. The number of tetrazole rings is 1. The van der Waals surface area contributed by atoms with E-state index in [9.17, 15) is 13.2 Å². The minimum Gasteiger partial charge on any atom is -0.486 e. The Hall–Kier alpha value is -3.51. The summed E-state index contributed by atoms with van der Waals surface area (Å²) < 4.78 is 38.9. The number of hydrogen-bond donors (Lipinski definition) is 1. The molecular weight excluding hydrogens is 412 g/mol. The molecule has 156 valence electrons. The number of nitrogens with zero attached hydrogens (tertiary/aromatic N) is 5. The van der Waals surface area contributed by atoms with Crippen LogP contribution in [0.25, 0.3) is 5.69 Å². The minimum atomic E-state index is -3.88. The fourth-order valence-electron chi connectivity index (χ4n) is 2.83. The maximum Gasteiger partial charge on any atom is 0.243 e. The largest absolute Gasteiger partial charge is 0.486 e. The van der Waals surface area contributed by atoms with Gasteiger partial charge in [0.25, 0.3) is 0 Å². The van der Waals surface area contributed by atoms with Crippen LogP contribution in [0.4, 0.5) is 5.69 Å². The Bertz CT molecular complexity index is 1150. The van der Waals surface area contributed by atoms with Gasteiger partial charge < -0.3 is 14.8 Å². The lowest BCUT2D eigenvalue weighted by Crippen LogP contribution is -2.35. The molecule has 12 heteroatoms. The molecule has 0 fully saturated rings. The number of amides is 1. The number of sulfonamides is 1. The fourth-order valence-corrected chi connectivity index (χ4v) is 3.97. The lowest BCUT2D eigenvalue weighted by atomic mass is 10.3. The Balaban J connectivity index is 1.41. The molecule has 0 bridgehead atoms. The number of nitrogens with one attached hydrogen (secondary N) is 1. The average molecular weight is 430 g/mol. The maximum absolute atomic E-state index is 12.8. The van der Waals surface area contributed by atoms with E-state index < -0.39 is 15.9 Å². The number of likely N-dealkylation sites (N-methyl/N-ethyl adjacent to an activating group) is 1. The van der Waals surface area contributed by atoms with Gasteiger partial charge in [0.1, 0.15) is 19.5 Å². The van der Waals surface area contributed by atoms with Crippen LogP contribution in [0.5, 0.6) is 11.5 Å². The SMILES string of the molecule is CN(CC(=O)Nc1ccc(-n2cnnn2)cc1)S(=O)(=O)c1ccc2c(c1)OCCO2. The highest BCUT2D eigenvalue weighted by atomic mass is 32.2. The molecule has 1 N–H and O–H groups in total. The molecule has 1 aliphatic heterocycles. The highest BCUT2D eigenvalue weighted by Crippen LogP contribution is 2.32. The maximum atomic E-state index is 12.8. The number of carbonyl (C=O) groups excluding carboxylic acids is 1. The first-order valence-electron chi connectivity index (χ1n) is 8.93. The second kappa shape index (κ2) is 8.08. The van der Waals surface area contributed by atoms with Crippen LogP contribution in [-0.2, 0) is 14.8 Å². The molecule has 30 heavy (non-hydrogen) atoms. The van der Waals surface area contributed by atoms with Crippen molar-refractivity contribution in [1.29, 1.82) is 0 Å². The average Bonchev–Trinajstić information content (AvgIpc) is 3.28. The van der Waals surface area contributed by atoms with Crippen LogP contribution in [0.15, 0.2) is 53.7 Å². The third-order valence-electron chi connectivity index (χ3n) is 4.35. The van der Waals surface area contributed by atoms with Crippen LogP contribution < -0.4 is 14.8 Å². The molecule has 11 nitrogen and oxygen atoms in total. The quantitative estimate of drug-likeness (QED) is 0.605. The van der Waals surface area contributed by atoms with Crippen molar-refractivity contribution in [2.24, 2.45) is 0 Å². The molecule has 0 aliphatic carbocycles. The molecule has 4 rings (SSSR count). The van der Waals surface area contributed by atoms with E-state index in [1.807, 2.05) is 0 Å². The van der Waals surface area contributed by atoms with Gasteiger partial charge in [0.15, 0.2) is 11.5 Å². The van der Waals surface area contributed by atoms with Crippen LogP contribution in [0.1, 0.15) is 0 Å². The van der Waals surface area contributed by atoms with Gasteiger partial charge in [0.2, 0.25) is 15.9 Å². The van der Waals surface area contributed by atoms with Crippen molar-refractivity contribution in [2.45, 2.75) is 4.90 Å². The number of hydrogen-bond acceptors (Lipinski definition) is 8. The second-order valence-electron chi connectivity index (χ2n) is 6.42. The lowest BCUT2D eigenvalue weighted by molar-refractivity contribution is -0.116. The standard InChI is InChI=1S/C18H18N6O5S/c1-23(30(26,27)15-6-7-16-17(10-15)29-9-8-28-16)11-18(25)20-13-2-4-14(5-3-13)24-12-19-21-22-24/h2-7,10,12H,8-9,11H2,1H3,(H,20,25). The first-order chi connectivity index (χ1) is 14.4. The number of carbonyl (C=O) groups is 1. The van der Waals surface area contributed by atoms with E-state index in [1.54, 1.807) is 30.3 Å². The van der Waals surface area contributed by atoms with E-state index in [0.29, 0.717) is 30.4 Å². The molecule has 3 aromatic rings. The van der Waals surface area contributed by atoms with Crippen LogP contribution in [0, 0.1) is 0 Å². The Morgan fingerprint density at radius 3 is 2.57 bits per heavy atom. The molecule has 1 aromatic heterocycles. The third kappa shape index (κ3) is 4.09. The predicted molar refractivity (Wildman–Crippen MR) is 105 cm³/mol. The second-order valence-corrected chi connectivity index (χ2v) is 8.46. The first kappa shape index (κ1) is 19.8.